The number of aryl methyl sites for hydroxylation is 3. The maximum Gasteiger partial charge on any atom is 0.261 e. The van der Waals surface area contributed by atoms with Gasteiger partial charge in [-0.2, -0.15) is 4.98 Å². The zero-order valence-corrected chi connectivity index (χ0v) is 14.1. The van der Waals surface area contributed by atoms with E-state index in [0.717, 1.165) is 29.0 Å². The molecular formula is C19H18N4O2. The van der Waals surface area contributed by atoms with Gasteiger partial charge >= 0.3 is 0 Å². The molecule has 0 atom stereocenters. The molecule has 0 bridgehead atoms. The molecule has 4 aromatic rings. The van der Waals surface area contributed by atoms with Gasteiger partial charge < -0.3 is 13.8 Å². The van der Waals surface area contributed by atoms with Gasteiger partial charge in [-0.25, -0.2) is 4.98 Å². The third-order valence-corrected chi connectivity index (χ3v) is 4.21. The number of methoxy groups -OCH3 is 1. The molecule has 2 aromatic carbocycles. The molecule has 0 radical (unpaired) electrons. The Morgan fingerprint density at radius 1 is 1.04 bits per heavy atom. The minimum Gasteiger partial charge on any atom is -0.496 e. The van der Waals surface area contributed by atoms with Crippen LogP contribution in [-0.4, -0.2) is 26.8 Å². The van der Waals surface area contributed by atoms with Gasteiger partial charge in [0, 0.05) is 13.0 Å². The summed E-state index contributed by atoms with van der Waals surface area (Å²) >= 11 is 0. The highest BCUT2D eigenvalue weighted by Gasteiger charge is 2.14. The first-order chi connectivity index (χ1) is 12.3. The SMILES string of the molecule is COc1ccccc1-c1nc(CCn2c(C)nc3ccccc32)no1. The summed E-state index contributed by atoms with van der Waals surface area (Å²) in [5.74, 6) is 2.83. The van der Waals surface area contributed by atoms with Gasteiger partial charge in [-0.3, -0.25) is 0 Å². The largest absolute Gasteiger partial charge is 0.496 e. The van der Waals surface area contributed by atoms with Crippen LogP contribution in [0, 0.1) is 6.92 Å². The third kappa shape index (κ3) is 2.87. The molecule has 0 amide bonds. The maximum atomic E-state index is 5.41. The Morgan fingerprint density at radius 2 is 1.84 bits per heavy atom. The van der Waals surface area contributed by atoms with Gasteiger partial charge in [-0.15, -0.1) is 0 Å². The second-order valence-electron chi connectivity index (χ2n) is 5.77. The van der Waals surface area contributed by atoms with Gasteiger partial charge in [0.25, 0.3) is 5.89 Å². The minimum atomic E-state index is 0.472. The van der Waals surface area contributed by atoms with Gasteiger partial charge in [-0.1, -0.05) is 29.4 Å². The van der Waals surface area contributed by atoms with E-state index in [1.54, 1.807) is 7.11 Å². The van der Waals surface area contributed by atoms with E-state index in [4.69, 9.17) is 9.26 Å². The van der Waals surface area contributed by atoms with Crippen LogP contribution in [0.25, 0.3) is 22.5 Å². The Kier molecular flexibility index (Phi) is 3.93. The van der Waals surface area contributed by atoms with E-state index in [9.17, 15) is 0 Å². The molecule has 0 N–H and O–H groups in total. The van der Waals surface area contributed by atoms with Crippen molar-refractivity contribution in [3.8, 4) is 17.2 Å². The van der Waals surface area contributed by atoms with Crippen LogP contribution in [0.2, 0.25) is 0 Å². The average molecular weight is 334 g/mol. The highest BCUT2D eigenvalue weighted by molar-refractivity contribution is 5.75. The molecule has 6 heteroatoms. The summed E-state index contributed by atoms with van der Waals surface area (Å²) in [5, 5.41) is 4.10. The van der Waals surface area contributed by atoms with Crippen LogP contribution < -0.4 is 4.74 Å². The summed E-state index contributed by atoms with van der Waals surface area (Å²) in [5.41, 5.74) is 2.92. The quantitative estimate of drug-likeness (QED) is 0.557. The fourth-order valence-electron chi connectivity index (χ4n) is 2.98. The van der Waals surface area contributed by atoms with E-state index in [0.29, 0.717) is 23.9 Å². The molecule has 25 heavy (non-hydrogen) atoms. The first kappa shape index (κ1) is 15.4. The monoisotopic (exact) mass is 334 g/mol. The van der Waals surface area contributed by atoms with Crippen molar-refractivity contribution in [2.45, 2.75) is 19.9 Å². The predicted octanol–water partition coefficient (Wildman–Crippen LogP) is 3.65. The van der Waals surface area contributed by atoms with E-state index >= 15 is 0 Å². The highest BCUT2D eigenvalue weighted by Crippen LogP contribution is 2.28. The normalized spacial score (nSPS) is 11.1. The van der Waals surface area contributed by atoms with Crippen LogP contribution in [0.1, 0.15) is 11.6 Å². The predicted molar refractivity (Wildman–Crippen MR) is 94.5 cm³/mol. The fourth-order valence-corrected chi connectivity index (χ4v) is 2.98. The summed E-state index contributed by atoms with van der Waals surface area (Å²) in [4.78, 5) is 9.09. The highest BCUT2D eigenvalue weighted by atomic mass is 16.5. The van der Waals surface area contributed by atoms with Crippen molar-refractivity contribution in [1.82, 2.24) is 19.7 Å². The summed E-state index contributed by atoms with van der Waals surface area (Å²) in [6.45, 7) is 2.76. The van der Waals surface area contributed by atoms with Crippen LogP contribution >= 0.6 is 0 Å². The average Bonchev–Trinajstić information content (AvgIpc) is 3.23. The minimum absolute atomic E-state index is 0.472. The third-order valence-electron chi connectivity index (χ3n) is 4.21. The fraction of sp³-hybridized carbons (Fsp3) is 0.211. The van der Waals surface area contributed by atoms with E-state index in [1.807, 2.05) is 49.4 Å². The molecule has 2 aromatic heterocycles. The zero-order chi connectivity index (χ0) is 17.2. The van der Waals surface area contributed by atoms with Gasteiger partial charge in [0.15, 0.2) is 5.82 Å². The van der Waals surface area contributed by atoms with Crippen LogP contribution in [0.3, 0.4) is 0 Å². The number of benzene rings is 2. The Balaban J connectivity index is 1.56. The molecule has 0 aliphatic rings. The first-order valence-electron chi connectivity index (χ1n) is 8.14. The number of hydrogen-bond acceptors (Lipinski definition) is 5. The molecule has 0 saturated heterocycles. The van der Waals surface area contributed by atoms with Gasteiger partial charge in [-0.05, 0) is 31.2 Å². The van der Waals surface area contributed by atoms with E-state index in [-0.39, 0.29) is 0 Å². The number of rotatable bonds is 5. The van der Waals surface area contributed by atoms with E-state index in [1.165, 1.54) is 0 Å². The Hall–Kier alpha value is -3.15. The maximum absolute atomic E-state index is 5.41. The van der Waals surface area contributed by atoms with Crippen molar-refractivity contribution in [3.05, 3.63) is 60.2 Å². The van der Waals surface area contributed by atoms with Crippen molar-refractivity contribution >= 4 is 11.0 Å². The molecule has 0 aliphatic carbocycles. The molecule has 0 fully saturated rings. The van der Waals surface area contributed by atoms with Crippen LogP contribution in [0.15, 0.2) is 53.1 Å². The lowest BCUT2D eigenvalue weighted by atomic mass is 10.2. The molecule has 0 saturated carbocycles. The van der Waals surface area contributed by atoms with Crippen molar-refractivity contribution in [2.24, 2.45) is 0 Å². The standard InChI is InChI=1S/C19H18N4O2/c1-13-20-15-8-4-5-9-16(15)23(13)12-11-18-21-19(25-22-18)14-7-3-6-10-17(14)24-2/h3-10H,11-12H2,1-2H3. The molecular weight excluding hydrogens is 316 g/mol. The molecule has 4 rings (SSSR count). The summed E-state index contributed by atoms with van der Waals surface area (Å²) in [6.07, 6.45) is 0.667. The molecule has 126 valence electrons. The van der Waals surface area contributed by atoms with Crippen molar-refractivity contribution in [2.75, 3.05) is 7.11 Å². The van der Waals surface area contributed by atoms with Crippen LogP contribution in [0.4, 0.5) is 0 Å². The lowest BCUT2D eigenvalue weighted by molar-refractivity contribution is 0.402. The summed E-state index contributed by atoms with van der Waals surface area (Å²) in [7, 11) is 1.63. The number of ether oxygens (including phenoxy) is 1. The van der Waals surface area contributed by atoms with Crippen molar-refractivity contribution < 1.29 is 9.26 Å². The Bertz CT molecular complexity index is 1020. The molecule has 0 unspecified atom stereocenters. The topological polar surface area (TPSA) is 66.0 Å². The van der Waals surface area contributed by atoms with Gasteiger partial charge in [0.1, 0.15) is 11.6 Å². The second-order valence-corrected chi connectivity index (χ2v) is 5.77. The number of hydrogen-bond donors (Lipinski definition) is 0. The molecule has 2 heterocycles. The lowest BCUT2D eigenvalue weighted by Gasteiger charge is -2.04. The zero-order valence-electron chi connectivity index (χ0n) is 14.1. The van der Waals surface area contributed by atoms with E-state index < -0.39 is 0 Å². The number of imidazole rings is 1. The van der Waals surface area contributed by atoms with Gasteiger partial charge in [0.2, 0.25) is 0 Å². The number of aromatic nitrogens is 4. The van der Waals surface area contributed by atoms with Crippen LogP contribution in [0.5, 0.6) is 5.75 Å². The molecule has 0 spiro atoms. The lowest BCUT2D eigenvalue weighted by Crippen LogP contribution is -2.04. The van der Waals surface area contributed by atoms with Crippen LogP contribution in [-0.2, 0) is 13.0 Å². The smallest absolute Gasteiger partial charge is 0.261 e. The van der Waals surface area contributed by atoms with Crippen molar-refractivity contribution in [1.29, 1.82) is 0 Å². The first-order valence-corrected chi connectivity index (χ1v) is 8.14. The Labute approximate surface area is 145 Å². The van der Waals surface area contributed by atoms with E-state index in [2.05, 4.69) is 25.8 Å². The molecule has 6 nitrogen and oxygen atoms in total. The number of para-hydroxylation sites is 3. The summed E-state index contributed by atoms with van der Waals surface area (Å²) < 4.78 is 12.9. The van der Waals surface area contributed by atoms with Crippen molar-refractivity contribution in [3.63, 3.8) is 0 Å². The summed E-state index contributed by atoms with van der Waals surface area (Å²) in [6, 6.07) is 15.7. The number of fused-ring (bicyclic) bond motifs is 1. The molecule has 0 aliphatic heterocycles. The van der Waals surface area contributed by atoms with Gasteiger partial charge in [0.05, 0.1) is 23.7 Å². The second kappa shape index (κ2) is 6.39. The number of nitrogens with zero attached hydrogens (tertiary/aromatic N) is 4. The Morgan fingerprint density at radius 3 is 2.72 bits per heavy atom.